The van der Waals surface area contributed by atoms with Gasteiger partial charge in [-0.1, -0.05) is 0 Å². The molecule has 0 heterocycles. The van der Waals surface area contributed by atoms with Crippen molar-refractivity contribution in [3.63, 3.8) is 0 Å². The topological polar surface area (TPSA) is 45.5 Å². The Morgan fingerprint density at radius 3 is 2.20 bits per heavy atom. The van der Waals surface area contributed by atoms with E-state index in [1.54, 1.807) is 0 Å². The number of ether oxygens (including phenoxy) is 2. The van der Waals surface area contributed by atoms with Crippen LogP contribution in [0.5, 0.6) is 0 Å². The summed E-state index contributed by atoms with van der Waals surface area (Å²) >= 11 is 0. The van der Waals surface area contributed by atoms with Gasteiger partial charge in [-0.25, -0.2) is 0 Å². The van der Waals surface area contributed by atoms with Gasteiger partial charge in [0.2, 0.25) is 0 Å². The second-order valence-corrected chi connectivity index (χ2v) is 3.49. The van der Waals surface area contributed by atoms with Crippen LogP contribution in [0.3, 0.4) is 0 Å². The maximum atomic E-state index is 8.59. The first-order valence-corrected chi connectivity index (χ1v) is 5.46. The van der Waals surface area contributed by atoms with Gasteiger partial charge in [-0.15, -0.1) is 0 Å². The highest BCUT2D eigenvalue weighted by Crippen LogP contribution is 2.04. The zero-order chi connectivity index (χ0) is 11.7. The van der Waals surface area contributed by atoms with Crippen molar-refractivity contribution in [2.45, 2.75) is 39.5 Å². The monoisotopic (exact) mass is 214 g/mol. The number of nitrogens with zero attached hydrogens (tertiary/aromatic N) is 2. The Labute approximate surface area is 92.8 Å². The summed E-state index contributed by atoms with van der Waals surface area (Å²) < 4.78 is 10.9. The zero-order valence-electron chi connectivity index (χ0n) is 10.2. The van der Waals surface area contributed by atoms with Crippen LogP contribution in [0.15, 0.2) is 0 Å². The molecule has 0 fully saturated rings. The third-order valence-corrected chi connectivity index (χ3v) is 2.28. The molecule has 0 N–H and O–H groups in total. The largest absolute Gasteiger partial charge is 0.352 e. The molecule has 0 amide bonds. The van der Waals surface area contributed by atoms with Crippen LogP contribution in [-0.2, 0) is 9.47 Å². The Bertz CT molecular complexity index is 186. The molecule has 0 spiro atoms. The molecule has 0 saturated heterocycles. The lowest BCUT2D eigenvalue weighted by molar-refractivity contribution is -0.147. The number of likely N-dealkylation sites (N-methyl/N-ethyl adjacent to an activating group) is 1. The Hall–Kier alpha value is -0.630. The lowest BCUT2D eigenvalue weighted by Crippen LogP contribution is -2.38. The molecule has 0 aromatic heterocycles. The highest BCUT2D eigenvalue weighted by atomic mass is 16.7. The van der Waals surface area contributed by atoms with E-state index in [1.165, 1.54) is 0 Å². The molecule has 0 aromatic rings. The fourth-order valence-corrected chi connectivity index (χ4v) is 1.23. The van der Waals surface area contributed by atoms with Gasteiger partial charge in [-0.3, -0.25) is 4.90 Å². The van der Waals surface area contributed by atoms with Crippen molar-refractivity contribution in [1.29, 1.82) is 5.26 Å². The summed E-state index contributed by atoms with van der Waals surface area (Å²) in [6.07, 6.45) is 0.340. The van der Waals surface area contributed by atoms with E-state index < -0.39 is 0 Å². The van der Waals surface area contributed by atoms with Crippen LogP contribution < -0.4 is 0 Å². The summed E-state index contributed by atoms with van der Waals surface area (Å²) in [5.41, 5.74) is 0. The van der Waals surface area contributed by atoms with E-state index in [9.17, 15) is 0 Å². The number of hydrogen-bond donors (Lipinski definition) is 0. The highest BCUT2D eigenvalue weighted by Gasteiger charge is 2.15. The summed E-state index contributed by atoms with van der Waals surface area (Å²) in [6, 6.07) is 2.40. The normalized spacial score (nSPS) is 13.1. The van der Waals surface area contributed by atoms with E-state index in [1.807, 2.05) is 27.8 Å². The number of rotatable bonds is 8. The molecule has 88 valence electrons. The third-order valence-electron chi connectivity index (χ3n) is 2.28. The average molecular weight is 214 g/mol. The van der Waals surface area contributed by atoms with Crippen molar-refractivity contribution in [3.05, 3.63) is 0 Å². The molecule has 0 aliphatic rings. The maximum Gasteiger partial charge on any atom is 0.170 e. The van der Waals surface area contributed by atoms with Gasteiger partial charge in [0.15, 0.2) is 6.29 Å². The molecule has 0 aliphatic heterocycles. The van der Waals surface area contributed by atoms with Crippen LogP contribution in [0.25, 0.3) is 0 Å². The molecule has 1 atom stereocenters. The minimum atomic E-state index is -0.189. The number of hydrogen-bond acceptors (Lipinski definition) is 4. The molecule has 0 saturated carbocycles. The molecular weight excluding hydrogens is 192 g/mol. The minimum absolute atomic E-state index is 0.189. The van der Waals surface area contributed by atoms with Gasteiger partial charge < -0.3 is 9.47 Å². The third kappa shape index (κ3) is 6.45. The van der Waals surface area contributed by atoms with Gasteiger partial charge >= 0.3 is 0 Å². The number of nitriles is 1. The lowest BCUT2D eigenvalue weighted by Gasteiger charge is -2.27. The van der Waals surface area contributed by atoms with Crippen LogP contribution in [0.1, 0.15) is 27.2 Å². The standard InChI is InChI=1S/C11H22N2O2/c1-5-14-11(15-6-2)9-13(4)10(3)7-8-12/h10-11H,5-7,9H2,1-4H3. The predicted octanol–water partition coefficient (Wildman–Crippen LogP) is 1.62. The van der Waals surface area contributed by atoms with Crippen molar-refractivity contribution in [3.8, 4) is 6.07 Å². The van der Waals surface area contributed by atoms with Gasteiger partial charge in [-0.2, -0.15) is 5.26 Å². The van der Waals surface area contributed by atoms with E-state index in [4.69, 9.17) is 14.7 Å². The quantitative estimate of drug-likeness (QED) is 0.576. The van der Waals surface area contributed by atoms with Crippen LogP contribution in [0.2, 0.25) is 0 Å². The molecule has 0 rings (SSSR count). The second kappa shape index (κ2) is 8.66. The van der Waals surface area contributed by atoms with E-state index in [0.29, 0.717) is 26.2 Å². The van der Waals surface area contributed by atoms with Gasteiger partial charge in [0.25, 0.3) is 0 Å². The first-order chi connectivity index (χ1) is 7.15. The van der Waals surface area contributed by atoms with Crippen molar-refractivity contribution < 1.29 is 9.47 Å². The molecule has 4 nitrogen and oxygen atoms in total. The van der Waals surface area contributed by atoms with Crippen molar-refractivity contribution in [2.75, 3.05) is 26.8 Å². The van der Waals surface area contributed by atoms with Crippen LogP contribution in [0.4, 0.5) is 0 Å². The maximum absolute atomic E-state index is 8.59. The summed E-state index contributed by atoms with van der Waals surface area (Å²) in [7, 11) is 1.98. The SMILES string of the molecule is CCOC(CN(C)C(C)CC#N)OCC. The zero-order valence-corrected chi connectivity index (χ0v) is 10.2. The Morgan fingerprint density at radius 2 is 1.80 bits per heavy atom. The first kappa shape index (κ1) is 14.4. The fourth-order valence-electron chi connectivity index (χ4n) is 1.23. The fraction of sp³-hybridized carbons (Fsp3) is 0.909. The Balaban J connectivity index is 3.97. The van der Waals surface area contributed by atoms with E-state index >= 15 is 0 Å². The molecule has 1 unspecified atom stereocenters. The molecule has 0 radical (unpaired) electrons. The van der Waals surface area contributed by atoms with E-state index in [0.717, 1.165) is 0 Å². The van der Waals surface area contributed by atoms with Gasteiger partial charge in [-0.05, 0) is 27.8 Å². The Kier molecular flexibility index (Phi) is 8.30. The Morgan fingerprint density at radius 1 is 1.27 bits per heavy atom. The summed E-state index contributed by atoms with van der Waals surface area (Å²) in [5.74, 6) is 0. The van der Waals surface area contributed by atoms with Crippen molar-refractivity contribution in [2.24, 2.45) is 0 Å². The van der Waals surface area contributed by atoms with Crippen molar-refractivity contribution in [1.82, 2.24) is 4.90 Å². The van der Waals surface area contributed by atoms with E-state index in [-0.39, 0.29) is 12.3 Å². The molecular formula is C11H22N2O2. The smallest absolute Gasteiger partial charge is 0.170 e. The predicted molar refractivity (Wildman–Crippen MR) is 59.4 cm³/mol. The van der Waals surface area contributed by atoms with Gasteiger partial charge in [0.05, 0.1) is 12.5 Å². The molecule has 15 heavy (non-hydrogen) atoms. The van der Waals surface area contributed by atoms with Gasteiger partial charge in [0.1, 0.15) is 0 Å². The van der Waals surface area contributed by atoms with E-state index in [2.05, 4.69) is 11.0 Å². The summed E-state index contributed by atoms with van der Waals surface area (Å²) in [4.78, 5) is 2.08. The van der Waals surface area contributed by atoms with Crippen LogP contribution >= 0.6 is 0 Å². The molecule has 0 aromatic carbocycles. The molecule has 0 bridgehead atoms. The first-order valence-electron chi connectivity index (χ1n) is 5.46. The lowest BCUT2D eigenvalue weighted by atomic mass is 10.2. The van der Waals surface area contributed by atoms with Crippen LogP contribution in [-0.4, -0.2) is 44.0 Å². The summed E-state index contributed by atoms with van der Waals surface area (Å²) in [5, 5.41) is 8.59. The average Bonchev–Trinajstić information content (AvgIpc) is 2.18. The summed E-state index contributed by atoms with van der Waals surface area (Å²) in [6.45, 7) is 7.91. The molecule has 0 aliphatic carbocycles. The minimum Gasteiger partial charge on any atom is -0.352 e. The van der Waals surface area contributed by atoms with Crippen molar-refractivity contribution >= 4 is 0 Å². The van der Waals surface area contributed by atoms with Crippen LogP contribution in [0, 0.1) is 11.3 Å². The highest BCUT2D eigenvalue weighted by molar-refractivity contribution is 4.78. The molecule has 4 heteroatoms. The van der Waals surface area contributed by atoms with Gasteiger partial charge in [0, 0.05) is 25.8 Å². The second-order valence-electron chi connectivity index (χ2n) is 3.49.